The van der Waals surface area contributed by atoms with Gasteiger partial charge in [0, 0.05) is 12.1 Å². The molecule has 1 atom stereocenters. The van der Waals surface area contributed by atoms with Gasteiger partial charge in [0.1, 0.15) is 11.2 Å². The van der Waals surface area contributed by atoms with Crippen LogP contribution in [0.3, 0.4) is 0 Å². The first-order valence-electron chi connectivity index (χ1n) is 6.05. The molecule has 1 aliphatic rings. The van der Waals surface area contributed by atoms with Crippen molar-refractivity contribution in [3.05, 3.63) is 23.3 Å². The van der Waals surface area contributed by atoms with Gasteiger partial charge in [-0.2, -0.15) is 0 Å². The van der Waals surface area contributed by atoms with Gasteiger partial charge in [-0.05, 0) is 31.7 Å². The Labute approximate surface area is 101 Å². The van der Waals surface area contributed by atoms with E-state index in [0.717, 1.165) is 29.9 Å². The number of hydrogen-bond donors (Lipinski definition) is 1. The fourth-order valence-corrected chi connectivity index (χ4v) is 2.32. The monoisotopic (exact) mass is 234 g/mol. The van der Waals surface area contributed by atoms with Crippen LogP contribution in [0.2, 0.25) is 0 Å². The Morgan fingerprint density at radius 3 is 2.82 bits per heavy atom. The standard InChI is InChI=1S/C13H18N2O2/c1-8(2)11-14-7-9-5-4-6-13(3,12(16)17)10(9)15-11/h7-8H,4-6H2,1-3H3,(H,16,17). The Morgan fingerprint density at radius 2 is 2.24 bits per heavy atom. The maximum Gasteiger partial charge on any atom is 0.315 e. The molecule has 2 rings (SSSR count). The topological polar surface area (TPSA) is 63.1 Å². The third-order valence-electron chi connectivity index (χ3n) is 3.52. The molecule has 1 heterocycles. The van der Waals surface area contributed by atoms with E-state index < -0.39 is 11.4 Å². The maximum absolute atomic E-state index is 11.5. The molecule has 1 aliphatic carbocycles. The van der Waals surface area contributed by atoms with Crippen LogP contribution in [0.1, 0.15) is 56.6 Å². The van der Waals surface area contributed by atoms with Crippen molar-refractivity contribution in [1.82, 2.24) is 9.97 Å². The molecule has 4 heteroatoms. The Morgan fingerprint density at radius 1 is 1.53 bits per heavy atom. The zero-order chi connectivity index (χ0) is 12.6. The predicted molar refractivity (Wildman–Crippen MR) is 64.0 cm³/mol. The molecule has 0 aliphatic heterocycles. The summed E-state index contributed by atoms with van der Waals surface area (Å²) in [5.41, 5.74) is 0.862. The fourth-order valence-electron chi connectivity index (χ4n) is 2.32. The number of aromatic nitrogens is 2. The van der Waals surface area contributed by atoms with Crippen molar-refractivity contribution in [2.24, 2.45) is 0 Å². The van der Waals surface area contributed by atoms with Gasteiger partial charge in [-0.3, -0.25) is 4.79 Å². The molecular weight excluding hydrogens is 216 g/mol. The molecule has 1 aromatic heterocycles. The zero-order valence-corrected chi connectivity index (χ0v) is 10.5. The summed E-state index contributed by atoms with van der Waals surface area (Å²) in [5, 5.41) is 9.41. The van der Waals surface area contributed by atoms with Gasteiger partial charge in [0.15, 0.2) is 0 Å². The van der Waals surface area contributed by atoms with E-state index in [0.29, 0.717) is 6.42 Å². The van der Waals surface area contributed by atoms with E-state index in [1.165, 1.54) is 0 Å². The lowest BCUT2D eigenvalue weighted by molar-refractivity contribution is -0.143. The maximum atomic E-state index is 11.5. The van der Waals surface area contributed by atoms with Gasteiger partial charge in [0.2, 0.25) is 0 Å². The van der Waals surface area contributed by atoms with Crippen LogP contribution in [0, 0.1) is 0 Å². The van der Waals surface area contributed by atoms with E-state index in [-0.39, 0.29) is 5.92 Å². The van der Waals surface area contributed by atoms with Crippen LogP contribution in [0.4, 0.5) is 0 Å². The van der Waals surface area contributed by atoms with Crippen molar-refractivity contribution in [2.75, 3.05) is 0 Å². The summed E-state index contributed by atoms with van der Waals surface area (Å²) in [5.74, 6) is 0.172. The normalized spacial score (nSPS) is 23.5. The number of carboxylic acids is 1. The van der Waals surface area contributed by atoms with Gasteiger partial charge >= 0.3 is 5.97 Å². The molecule has 0 aromatic carbocycles. The fraction of sp³-hybridized carbons (Fsp3) is 0.615. The minimum absolute atomic E-state index is 0.222. The molecule has 0 bridgehead atoms. The quantitative estimate of drug-likeness (QED) is 0.852. The number of aryl methyl sites for hydroxylation is 1. The second-order valence-corrected chi connectivity index (χ2v) is 5.25. The highest BCUT2D eigenvalue weighted by Crippen LogP contribution is 2.36. The van der Waals surface area contributed by atoms with Crippen molar-refractivity contribution < 1.29 is 9.90 Å². The average Bonchev–Trinajstić information content (AvgIpc) is 2.28. The van der Waals surface area contributed by atoms with Crippen LogP contribution in [0.5, 0.6) is 0 Å². The SMILES string of the molecule is CC(C)c1ncc2c(n1)C(C)(C(=O)O)CCC2. The molecule has 0 fully saturated rings. The zero-order valence-electron chi connectivity index (χ0n) is 10.5. The molecule has 1 unspecified atom stereocenters. The molecular formula is C13H18N2O2. The first-order chi connectivity index (χ1) is 7.95. The Bertz CT molecular complexity index is 457. The minimum Gasteiger partial charge on any atom is -0.481 e. The first-order valence-corrected chi connectivity index (χ1v) is 6.05. The van der Waals surface area contributed by atoms with Crippen molar-refractivity contribution in [3.63, 3.8) is 0 Å². The molecule has 0 saturated heterocycles. The van der Waals surface area contributed by atoms with E-state index in [4.69, 9.17) is 0 Å². The lowest BCUT2D eigenvalue weighted by Crippen LogP contribution is -2.37. The third-order valence-corrected chi connectivity index (χ3v) is 3.52. The largest absolute Gasteiger partial charge is 0.481 e. The van der Waals surface area contributed by atoms with Crippen molar-refractivity contribution in [2.45, 2.75) is 51.4 Å². The smallest absolute Gasteiger partial charge is 0.315 e. The lowest BCUT2D eigenvalue weighted by atomic mass is 9.74. The third kappa shape index (κ3) is 1.92. The highest BCUT2D eigenvalue weighted by atomic mass is 16.4. The van der Waals surface area contributed by atoms with E-state index >= 15 is 0 Å². The summed E-state index contributed by atoms with van der Waals surface area (Å²) in [6.07, 6.45) is 4.23. The van der Waals surface area contributed by atoms with Gasteiger partial charge in [-0.15, -0.1) is 0 Å². The Kier molecular flexibility index (Phi) is 2.89. The molecule has 1 aromatic rings. The number of rotatable bonds is 2. The molecule has 1 N–H and O–H groups in total. The Hall–Kier alpha value is -1.45. The van der Waals surface area contributed by atoms with E-state index in [1.54, 1.807) is 13.1 Å². The van der Waals surface area contributed by atoms with Crippen LogP contribution >= 0.6 is 0 Å². The predicted octanol–water partition coefficient (Wildman–Crippen LogP) is 2.28. The van der Waals surface area contributed by atoms with E-state index in [9.17, 15) is 9.90 Å². The number of nitrogens with zero attached hydrogens (tertiary/aromatic N) is 2. The van der Waals surface area contributed by atoms with Crippen molar-refractivity contribution in [1.29, 1.82) is 0 Å². The summed E-state index contributed by atoms with van der Waals surface area (Å²) in [4.78, 5) is 20.3. The summed E-state index contributed by atoms with van der Waals surface area (Å²) >= 11 is 0. The Balaban J connectivity index is 2.56. The molecule has 0 radical (unpaired) electrons. The van der Waals surface area contributed by atoms with Crippen LogP contribution in [0.15, 0.2) is 6.20 Å². The highest BCUT2D eigenvalue weighted by molar-refractivity contribution is 5.81. The molecule has 0 spiro atoms. The van der Waals surface area contributed by atoms with Gasteiger partial charge in [-0.1, -0.05) is 13.8 Å². The second kappa shape index (κ2) is 4.09. The van der Waals surface area contributed by atoms with E-state index in [1.807, 2.05) is 13.8 Å². The number of carboxylic acid groups (broad SMARTS) is 1. The minimum atomic E-state index is -0.847. The molecule has 92 valence electrons. The second-order valence-electron chi connectivity index (χ2n) is 5.25. The van der Waals surface area contributed by atoms with Gasteiger partial charge in [0.25, 0.3) is 0 Å². The van der Waals surface area contributed by atoms with Gasteiger partial charge < -0.3 is 5.11 Å². The average molecular weight is 234 g/mol. The first kappa shape index (κ1) is 12.0. The number of aliphatic carboxylic acids is 1. The van der Waals surface area contributed by atoms with Crippen LogP contribution in [0.25, 0.3) is 0 Å². The summed E-state index contributed by atoms with van der Waals surface area (Å²) < 4.78 is 0. The summed E-state index contributed by atoms with van der Waals surface area (Å²) in [7, 11) is 0. The summed E-state index contributed by atoms with van der Waals surface area (Å²) in [6, 6.07) is 0. The molecule has 0 amide bonds. The van der Waals surface area contributed by atoms with Crippen LogP contribution in [-0.4, -0.2) is 21.0 Å². The molecule has 17 heavy (non-hydrogen) atoms. The van der Waals surface area contributed by atoms with Crippen molar-refractivity contribution in [3.8, 4) is 0 Å². The summed E-state index contributed by atoms with van der Waals surface area (Å²) in [6.45, 7) is 5.80. The van der Waals surface area contributed by atoms with E-state index in [2.05, 4.69) is 9.97 Å². The molecule has 0 saturated carbocycles. The number of fused-ring (bicyclic) bond motifs is 1. The van der Waals surface area contributed by atoms with Gasteiger partial charge in [-0.25, -0.2) is 9.97 Å². The highest BCUT2D eigenvalue weighted by Gasteiger charge is 2.41. The van der Waals surface area contributed by atoms with Crippen LogP contribution in [-0.2, 0) is 16.6 Å². The van der Waals surface area contributed by atoms with Gasteiger partial charge in [0.05, 0.1) is 5.69 Å². The molecule has 4 nitrogen and oxygen atoms in total. The lowest BCUT2D eigenvalue weighted by Gasteiger charge is -2.31. The van der Waals surface area contributed by atoms with Crippen molar-refractivity contribution >= 4 is 5.97 Å². The number of hydrogen-bond acceptors (Lipinski definition) is 3. The van der Waals surface area contributed by atoms with Crippen LogP contribution < -0.4 is 0 Å². The number of carbonyl (C=O) groups is 1.